The van der Waals surface area contributed by atoms with E-state index in [0.717, 1.165) is 17.8 Å². The number of thiazole rings is 1. The molecule has 0 aliphatic rings. The molecule has 0 aliphatic heterocycles. The minimum absolute atomic E-state index is 0.00632. The minimum Gasteiger partial charge on any atom is -0.315 e. The zero-order valence-electron chi connectivity index (χ0n) is 8.06. The van der Waals surface area contributed by atoms with Crippen molar-refractivity contribution in [2.45, 2.75) is 13.1 Å². The Bertz CT molecular complexity index is 463. The fourth-order valence-corrected chi connectivity index (χ4v) is 1.83. The standard InChI is InChI=1S/C10H11N3OS/c14-10-13-9(7-15-10)6-12-5-8-2-1-3-11-4-8/h1-4,7,12H,5-6H2,(H,13,14). The predicted octanol–water partition coefficient (Wildman–Crippen LogP) is 1.12. The van der Waals surface area contributed by atoms with Crippen molar-refractivity contribution in [3.8, 4) is 0 Å². The number of aromatic nitrogens is 2. The molecular weight excluding hydrogens is 210 g/mol. The zero-order chi connectivity index (χ0) is 10.5. The van der Waals surface area contributed by atoms with Crippen molar-refractivity contribution in [2.75, 3.05) is 0 Å². The summed E-state index contributed by atoms with van der Waals surface area (Å²) < 4.78 is 0. The van der Waals surface area contributed by atoms with E-state index in [0.29, 0.717) is 6.54 Å². The summed E-state index contributed by atoms with van der Waals surface area (Å²) >= 11 is 1.19. The molecule has 0 amide bonds. The Hall–Kier alpha value is -1.46. The van der Waals surface area contributed by atoms with Gasteiger partial charge >= 0.3 is 4.87 Å². The SMILES string of the molecule is O=c1[nH]c(CNCc2cccnc2)cs1. The number of H-pyrrole nitrogens is 1. The third-order valence-electron chi connectivity index (χ3n) is 1.94. The molecule has 0 bridgehead atoms. The van der Waals surface area contributed by atoms with Gasteiger partial charge in [-0.15, -0.1) is 0 Å². The van der Waals surface area contributed by atoms with Crippen molar-refractivity contribution in [3.05, 3.63) is 50.8 Å². The molecule has 4 nitrogen and oxygen atoms in total. The Labute approximate surface area is 91.0 Å². The number of pyridine rings is 1. The number of rotatable bonds is 4. The Kier molecular flexibility index (Phi) is 3.26. The topological polar surface area (TPSA) is 57.8 Å². The molecule has 15 heavy (non-hydrogen) atoms. The second-order valence-corrected chi connectivity index (χ2v) is 3.98. The molecule has 0 spiro atoms. The normalized spacial score (nSPS) is 10.4. The van der Waals surface area contributed by atoms with Crippen molar-refractivity contribution in [2.24, 2.45) is 0 Å². The maximum Gasteiger partial charge on any atom is 0.304 e. The van der Waals surface area contributed by atoms with Crippen LogP contribution in [0.1, 0.15) is 11.3 Å². The maximum absolute atomic E-state index is 10.8. The molecule has 2 heterocycles. The lowest BCUT2D eigenvalue weighted by atomic mass is 10.3. The summed E-state index contributed by atoms with van der Waals surface area (Å²) in [6.07, 6.45) is 3.57. The quantitative estimate of drug-likeness (QED) is 0.813. The summed E-state index contributed by atoms with van der Waals surface area (Å²) in [5.41, 5.74) is 2.06. The molecule has 0 aliphatic carbocycles. The molecule has 2 aromatic heterocycles. The Morgan fingerprint density at radius 3 is 3.07 bits per heavy atom. The van der Waals surface area contributed by atoms with Crippen LogP contribution in [0.5, 0.6) is 0 Å². The molecule has 0 fully saturated rings. The molecule has 0 atom stereocenters. The molecule has 0 saturated heterocycles. The highest BCUT2D eigenvalue weighted by molar-refractivity contribution is 7.07. The van der Waals surface area contributed by atoms with Gasteiger partial charge in [0.2, 0.25) is 0 Å². The summed E-state index contributed by atoms with van der Waals surface area (Å²) in [6, 6.07) is 3.92. The molecule has 0 aromatic carbocycles. The van der Waals surface area contributed by atoms with Crippen LogP contribution in [0, 0.1) is 0 Å². The molecule has 5 heteroatoms. The maximum atomic E-state index is 10.8. The van der Waals surface area contributed by atoms with Gasteiger partial charge in [0.15, 0.2) is 0 Å². The lowest BCUT2D eigenvalue weighted by Gasteiger charge is -2.01. The molecule has 78 valence electrons. The van der Waals surface area contributed by atoms with Crippen LogP contribution in [-0.2, 0) is 13.1 Å². The van der Waals surface area contributed by atoms with Crippen LogP contribution in [0.3, 0.4) is 0 Å². The van der Waals surface area contributed by atoms with Crippen molar-refractivity contribution < 1.29 is 0 Å². The lowest BCUT2D eigenvalue weighted by molar-refractivity contribution is 0.680. The molecule has 0 radical (unpaired) electrons. The molecule has 2 aromatic rings. The number of hydrogen-bond donors (Lipinski definition) is 2. The summed E-state index contributed by atoms with van der Waals surface area (Å²) in [5.74, 6) is 0. The molecule has 2 N–H and O–H groups in total. The first-order chi connectivity index (χ1) is 7.34. The van der Waals surface area contributed by atoms with Gasteiger partial charge in [0.1, 0.15) is 0 Å². The predicted molar refractivity (Wildman–Crippen MR) is 59.7 cm³/mol. The van der Waals surface area contributed by atoms with E-state index >= 15 is 0 Å². The number of hydrogen-bond acceptors (Lipinski definition) is 4. The van der Waals surface area contributed by atoms with Gasteiger partial charge in [0.25, 0.3) is 0 Å². The summed E-state index contributed by atoms with van der Waals surface area (Å²) in [4.78, 5) is 17.6. The van der Waals surface area contributed by atoms with E-state index in [9.17, 15) is 4.79 Å². The third kappa shape index (κ3) is 3.00. The summed E-state index contributed by atoms with van der Waals surface area (Å²) in [5, 5.41) is 5.06. The van der Waals surface area contributed by atoms with Crippen LogP contribution in [0.25, 0.3) is 0 Å². The Morgan fingerprint density at radius 2 is 2.40 bits per heavy atom. The van der Waals surface area contributed by atoms with Gasteiger partial charge in [-0.05, 0) is 11.6 Å². The minimum atomic E-state index is -0.00632. The second-order valence-electron chi connectivity index (χ2n) is 3.14. The summed E-state index contributed by atoms with van der Waals surface area (Å²) in [6.45, 7) is 1.43. The van der Waals surface area contributed by atoms with Gasteiger partial charge in [-0.3, -0.25) is 9.78 Å². The molecular formula is C10H11N3OS. The average molecular weight is 221 g/mol. The smallest absolute Gasteiger partial charge is 0.304 e. The Morgan fingerprint density at radius 1 is 1.47 bits per heavy atom. The van der Waals surface area contributed by atoms with Crippen LogP contribution >= 0.6 is 11.3 Å². The van der Waals surface area contributed by atoms with Crippen molar-refractivity contribution in [1.29, 1.82) is 0 Å². The monoisotopic (exact) mass is 221 g/mol. The fourth-order valence-electron chi connectivity index (χ4n) is 1.24. The highest BCUT2D eigenvalue weighted by Crippen LogP contribution is 1.97. The van der Waals surface area contributed by atoms with Gasteiger partial charge < -0.3 is 10.3 Å². The zero-order valence-corrected chi connectivity index (χ0v) is 8.88. The van der Waals surface area contributed by atoms with E-state index in [2.05, 4.69) is 15.3 Å². The van der Waals surface area contributed by atoms with E-state index in [1.54, 1.807) is 6.20 Å². The van der Waals surface area contributed by atoms with Crippen LogP contribution < -0.4 is 10.2 Å². The van der Waals surface area contributed by atoms with E-state index in [-0.39, 0.29) is 4.87 Å². The molecule has 0 unspecified atom stereocenters. The van der Waals surface area contributed by atoms with Crippen molar-refractivity contribution >= 4 is 11.3 Å². The third-order valence-corrected chi connectivity index (χ3v) is 2.66. The largest absolute Gasteiger partial charge is 0.315 e. The van der Waals surface area contributed by atoms with Gasteiger partial charge in [0.05, 0.1) is 0 Å². The van der Waals surface area contributed by atoms with Crippen molar-refractivity contribution in [1.82, 2.24) is 15.3 Å². The van der Waals surface area contributed by atoms with Crippen LogP contribution in [0.4, 0.5) is 0 Å². The first kappa shape index (κ1) is 10.1. The number of nitrogens with zero attached hydrogens (tertiary/aromatic N) is 1. The van der Waals surface area contributed by atoms with Crippen LogP contribution in [-0.4, -0.2) is 9.97 Å². The van der Waals surface area contributed by atoms with Crippen LogP contribution in [0.2, 0.25) is 0 Å². The van der Waals surface area contributed by atoms with Gasteiger partial charge in [0, 0.05) is 36.6 Å². The van der Waals surface area contributed by atoms with Gasteiger partial charge in [-0.1, -0.05) is 17.4 Å². The fraction of sp³-hybridized carbons (Fsp3) is 0.200. The van der Waals surface area contributed by atoms with E-state index < -0.39 is 0 Å². The Balaban J connectivity index is 1.83. The summed E-state index contributed by atoms with van der Waals surface area (Å²) in [7, 11) is 0. The van der Waals surface area contributed by atoms with Gasteiger partial charge in [-0.25, -0.2) is 0 Å². The van der Waals surface area contributed by atoms with E-state index in [1.165, 1.54) is 11.3 Å². The van der Waals surface area contributed by atoms with E-state index in [1.807, 2.05) is 23.7 Å². The first-order valence-corrected chi connectivity index (χ1v) is 5.49. The molecule has 0 saturated carbocycles. The highest BCUT2D eigenvalue weighted by Gasteiger charge is 1.96. The first-order valence-electron chi connectivity index (χ1n) is 4.61. The number of aromatic amines is 1. The number of nitrogens with one attached hydrogen (secondary N) is 2. The second kappa shape index (κ2) is 4.86. The lowest BCUT2D eigenvalue weighted by Crippen LogP contribution is -2.13. The van der Waals surface area contributed by atoms with Crippen LogP contribution in [0.15, 0.2) is 34.7 Å². The molecule has 2 rings (SSSR count). The van der Waals surface area contributed by atoms with Gasteiger partial charge in [-0.2, -0.15) is 0 Å². The van der Waals surface area contributed by atoms with Crippen molar-refractivity contribution in [3.63, 3.8) is 0 Å². The average Bonchev–Trinajstić information content (AvgIpc) is 2.66. The highest BCUT2D eigenvalue weighted by atomic mass is 32.1. The van der Waals surface area contributed by atoms with E-state index in [4.69, 9.17) is 0 Å².